The molecule has 2 rings (SSSR count). The fourth-order valence-electron chi connectivity index (χ4n) is 2.44. The van der Waals surface area contributed by atoms with Gasteiger partial charge >= 0.3 is 0 Å². The first-order chi connectivity index (χ1) is 10.3. The average Bonchev–Trinajstić information content (AvgIpc) is 2.91. The Bertz CT molecular complexity index is 496. The summed E-state index contributed by atoms with van der Waals surface area (Å²) in [4.78, 5) is 10.2. The van der Waals surface area contributed by atoms with Crippen molar-refractivity contribution in [2.24, 2.45) is 4.99 Å². The fourth-order valence-corrected chi connectivity index (χ4v) is 3.15. The van der Waals surface area contributed by atoms with Gasteiger partial charge in [0.1, 0.15) is 5.01 Å². The van der Waals surface area contributed by atoms with Gasteiger partial charge < -0.3 is 10.6 Å². The molecule has 124 valence electrons. The zero-order valence-corrected chi connectivity index (χ0v) is 16.7. The fraction of sp³-hybridized carbons (Fsp3) is 0.625. The molecule has 4 nitrogen and oxygen atoms in total. The molecule has 0 radical (unpaired) electrons. The molecule has 22 heavy (non-hydrogen) atoms. The lowest BCUT2D eigenvalue weighted by molar-refractivity contribution is 0.665. The van der Waals surface area contributed by atoms with E-state index in [4.69, 9.17) is 0 Å². The van der Waals surface area contributed by atoms with Gasteiger partial charge in [-0.15, -0.1) is 35.3 Å². The molecule has 6 heteroatoms. The maximum absolute atomic E-state index is 4.60. The Morgan fingerprint density at radius 1 is 1.36 bits per heavy atom. The first-order valence-electron chi connectivity index (χ1n) is 7.89. The van der Waals surface area contributed by atoms with Gasteiger partial charge in [-0.05, 0) is 46.0 Å². The lowest BCUT2D eigenvalue weighted by atomic mass is 9.97. The van der Waals surface area contributed by atoms with Crippen LogP contribution in [0.1, 0.15) is 48.9 Å². The van der Waals surface area contributed by atoms with E-state index in [0.29, 0.717) is 6.54 Å². The van der Waals surface area contributed by atoms with Gasteiger partial charge in [-0.1, -0.05) is 11.6 Å². The van der Waals surface area contributed by atoms with Gasteiger partial charge in [-0.3, -0.25) is 0 Å². The summed E-state index contributed by atoms with van der Waals surface area (Å²) >= 11 is 1.71. The molecule has 1 aliphatic rings. The van der Waals surface area contributed by atoms with Crippen molar-refractivity contribution in [3.8, 4) is 0 Å². The molecular weight excluding hydrogens is 407 g/mol. The second kappa shape index (κ2) is 11.0. The molecule has 1 aliphatic carbocycles. The zero-order valence-electron chi connectivity index (χ0n) is 13.5. The first kappa shape index (κ1) is 19.4. The number of hydrogen-bond donors (Lipinski definition) is 2. The van der Waals surface area contributed by atoms with Gasteiger partial charge in [0.2, 0.25) is 0 Å². The van der Waals surface area contributed by atoms with Crippen LogP contribution < -0.4 is 10.6 Å². The molecule has 1 aromatic heterocycles. The number of aliphatic imine (C=N–C) groups is 1. The van der Waals surface area contributed by atoms with Gasteiger partial charge in [0.25, 0.3) is 0 Å². The summed E-state index contributed by atoms with van der Waals surface area (Å²) < 4.78 is 0. The van der Waals surface area contributed by atoms with Crippen molar-refractivity contribution in [3.63, 3.8) is 0 Å². The van der Waals surface area contributed by atoms with Crippen molar-refractivity contribution in [1.82, 2.24) is 15.6 Å². The van der Waals surface area contributed by atoms with E-state index in [9.17, 15) is 0 Å². The number of thiazole rings is 1. The maximum Gasteiger partial charge on any atom is 0.191 e. The Hall–Kier alpha value is -0.630. The standard InChI is InChI=1S/C16H26N4S.HI/c1-3-17-16(20-12-15-19-11-13(2)21-15)18-10-9-14-7-5-4-6-8-14;/h7,11H,3-6,8-10,12H2,1-2H3,(H2,17,18,20);1H. The second-order valence-corrected chi connectivity index (χ2v) is 6.66. The number of nitrogens with zero attached hydrogens (tertiary/aromatic N) is 2. The lowest BCUT2D eigenvalue weighted by Crippen LogP contribution is -2.37. The van der Waals surface area contributed by atoms with Gasteiger partial charge in [0, 0.05) is 24.2 Å². The molecule has 2 N–H and O–H groups in total. The van der Waals surface area contributed by atoms with Crippen LogP contribution in [0.15, 0.2) is 22.8 Å². The van der Waals surface area contributed by atoms with Crippen LogP contribution in [-0.4, -0.2) is 24.0 Å². The number of aryl methyl sites for hydroxylation is 1. The van der Waals surface area contributed by atoms with E-state index < -0.39 is 0 Å². The van der Waals surface area contributed by atoms with E-state index in [2.05, 4.69) is 40.5 Å². The minimum atomic E-state index is 0. The van der Waals surface area contributed by atoms with Gasteiger partial charge in [-0.25, -0.2) is 9.98 Å². The van der Waals surface area contributed by atoms with E-state index in [1.165, 1.54) is 30.6 Å². The largest absolute Gasteiger partial charge is 0.357 e. The molecule has 1 aromatic rings. The van der Waals surface area contributed by atoms with E-state index in [1.54, 1.807) is 16.9 Å². The van der Waals surface area contributed by atoms with Crippen LogP contribution in [0.3, 0.4) is 0 Å². The van der Waals surface area contributed by atoms with Crippen LogP contribution in [0.25, 0.3) is 0 Å². The van der Waals surface area contributed by atoms with Crippen molar-refractivity contribution < 1.29 is 0 Å². The molecular formula is C16H27IN4S. The van der Waals surface area contributed by atoms with Crippen LogP contribution in [0.2, 0.25) is 0 Å². The monoisotopic (exact) mass is 434 g/mol. The van der Waals surface area contributed by atoms with Crippen LogP contribution >= 0.6 is 35.3 Å². The van der Waals surface area contributed by atoms with E-state index in [0.717, 1.165) is 30.5 Å². The highest BCUT2D eigenvalue weighted by molar-refractivity contribution is 14.0. The van der Waals surface area contributed by atoms with Crippen LogP contribution in [0, 0.1) is 6.92 Å². The number of halogens is 1. The Morgan fingerprint density at radius 2 is 2.23 bits per heavy atom. The van der Waals surface area contributed by atoms with Crippen molar-refractivity contribution in [1.29, 1.82) is 0 Å². The summed E-state index contributed by atoms with van der Waals surface area (Å²) in [5.41, 5.74) is 1.60. The molecule has 0 fully saturated rings. The van der Waals surface area contributed by atoms with Gasteiger partial charge in [0.15, 0.2) is 5.96 Å². The van der Waals surface area contributed by atoms with Crippen LogP contribution in [0.5, 0.6) is 0 Å². The molecule has 1 heterocycles. The topological polar surface area (TPSA) is 49.3 Å². The lowest BCUT2D eigenvalue weighted by Gasteiger charge is -2.14. The second-order valence-electron chi connectivity index (χ2n) is 5.34. The zero-order chi connectivity index (χ0) is 14.9. The first-order valence-corrected chi connectivity index (χ1v) is 8.71. The smallest absolute Gasteiger partial charge is 0.191 e. The predicted octanol–water partition coefficient (Wildman–Crippen LogP) is 4.02. The SMILES string of the molecule is CCNC(=NCc1ncc(C)s1)NCCC1=CCCCC1.I. The number of allylic oxidation sites excluding steroid dienone is 1. The minimum Gasteiger partial charge on any atom is -0.357 e. The Kier molecular flexibility index (Phi) is 9.70. The van der Waals surface area contributed by atoms with Gasteiger partial charge in [-0.2, -0.15) is 0 Å². The highest BCUT2D eigenvalue weighted by Crippen LogP contribution is 2.19. The molecule has 0 saturated heterocycles. The predicted molar refractivity (Wildman–Crippen MR) is 106 cm³/mol. The molecule has 0 saturated carbocycles. The van der Waals surface area contributed by atoms with Crippen LogP contribution in [-0.2, 0) is 6.54 Å². The van der Waals surface area contributed by atoms with E-state index in [1.807, 2.05) is 6.20 Å². The molecule has 0 unspecified atom stereocenters. The molecule has 0 aliphatic heterocycles. The van der Waals surface area contributed by atoms with Crippen molar-refractivity contribution >= 4 is 41.3 Å². The summed E-state index contributed by atoms with van der Waals surface area (Å²) in [6.45, 7) is 6.65. The number of guanidine groups is 1. The highest BCUT2D eigenvalue weighted by atomic mass is 127. The normalized spacial score (nSPS) is 15.0. The van der Waals surface area contributed by atoms with Crippen molar-refractivity contribution in [2.45, 2.75) is 52.5 Å². The summed E-state index contributed by atoms with van der Waals surface area (Å²) in [6.07, 6.45) is 10.7. The average molecular weight is 434 g/mol. The maximum atomic E-state index is 4.60. The quantitative estimate of drug-likeness (QED) is 0.308. The molecule has 0 aromatic carbocycles. The van der Waals surface area contributed by atoms with Crippen LogP contribution in [0.4, 0.5) is 0 Å². The summed E-state index contributed by atoms with van der Waals surface area (Å²) in [5, 5.41) is 7.78. The minimum absolute atomic E-state index is 0. The van der Waals surface area contributed by atoms with E-state index >= 15 is 0 Å². The molecule has 0 bridgehead atoms. The number of hydrogen-bond acceptors (Lipinski definition) is 3. The third-order valence-electron chi connectivity index (χ3n) is 3.51. The third kappa shape index (κ3) is 7.09. The number of rotatable bonds is 6. The van der Waals surface area contributed by atoms with Gasteiger partial charge in [0.05, 0.1) is 6.54 Å². The number of aromatic nitrogens is 1. The molecule has 0 spiro atoms. The van der Waals surface area contributed by atoms with Crippen molar-refractivity contribution in [3.05, 3.63) is 27.7 Å². The van der Waals surface area contributed by atoms with Crippen molar-refractivity contribution in [2.75, 3.05) is 13.1 Å². The number of nitrogens with one attached hydrogen (secondary N) is 2. The molecule has 0 atom stereocenters. The Morgan fingerprint density at radius 3 is 2.86 bits per heavy atom. The summed E-state index contributed by atoms with van der Waals surface area (Å²) in [5.74, 6) is 0.891. The molecule has 0 amide bonds. The van der Waals surface area contributed by atoms with E-state index in [-0.39, 0.29) is 24.0 Å². The Labute approximate surface area is 154 Å². The Balaban J connectivity index is 0.00000242. The third-order valence-corrected chi connectivity index (χ3v) is 4.41. The summed E-state index contributed by atoms with van der Waals surface area (Å²) in [7, 11) is 0. The highest BCUT2D eigenvalue weighted by Gasteiger charge is 2.04. The summed E-state index contributed by atoms with van der Waals surface area (Å²) in [6, 6.07) is 0.